The molecular weight excluding hydrogens is 755 g/mol. The first-order valence-electron chi connectivity index (χ1n) is 17.6. The summed E-state index contributed by atoms with van der Waals surface area (Å²) in [5, 5.41) is 31.7. The van der Waals surface area contributed by atoms with Crippen molar-refractivity contribution < 1.29 is 62.6 Å². The van der Waals surface area contributed by atoms with E-state index in [1.807, 2.05) is 0 Å². The van der Waals surface area contributed by atoms with Crippen molar-refractivity contribution in [2.24, 2.45) is 11.5 Å². The first-order valence-corrected chi connectivity index (χ1v) is 20.6. The van der Waals surface area contributed by atoms with Crippen molar-refractivity contribution in [3.63, 3.8) is 0 Å². The van der Waals surface area contributed by atoms with Crippen LogP contribution in [0.2, 0.25) is 0 Å². The van der Waals surface area contributed by atoms with Crippen LogP contribution in [-0.2, 0) is 37.7 Å². The largest absolute Gasteiger partial charge is 0.479 e. The number of aliphatic hydroxyl groups excluding tert-OH is 2. The SMILES string of the molecule is CCOP(C)(=O)Cl.C[C@@H](O)C(C(N)=O)N1C[C@@]2(CCCN2C(=O)OC(C)(C)C)C1=O.C[C@@H](O)[C@H](NC[C@]1(C(=O)O)CCCN1C(=O)OC(C)(C)C)C(N)=O. The van der Waals surface area contributed by atoms with Gasteiger partial charge in [0.05, 0.1) is 25.4 Å². The molecule has 0 aromatic heterocycles. The number of primary amides is 2. The summed E-state index contributed by atoms with van der Waals surface area (Å²) >= 11 is 5.17. The van der Waals surface area contributed by atoms with E-state index < -0.39 is 83.3 Å². The second kappa shape index (κ2) is 19.1. The second-order valence-electron chi connectivity index (χ2n) is 15.5. The van der Waals surface area contributed by atoms with Crippen LogP contribution in [0.5, 0.6) is 0 Å². The Bertz CT molecular complexity index is 1420. The van der Waals surface area contributed by atoms with Crippen LogP contribution in [0.3, 0.4) is 0 Å². The molecule has 21 heteroatoms. The molecule has 19 nitrogen and oxygen atoms in total. The number of hydrogen-bond acceptors (Lipinski definition) is 13. The standard InChI is InChI=1S/C15H27N3O6.C15H25N3O5.C3H8ClO2P/c1-9(19)10(11(16)20)17-8-15(12(21)22)6-5-7-18(15)13(23)24-14(2,3)4;1-9(19)10(11(16)20)17-8-15(12(17)21)6-5-7-18(15)13(22)23-14(2,3)4;1-3-6-7(2,4)5/h9-10,17,19H,5-8H2,1-4H3,(H2,16,20)(H,21,22);9-10,19H,5-8H2,1-4H3,(H2,16,20);3H2,1-2H3/t9-,10+,15+;9-,10?,15+;/m11./s1. The zero-order valence-electron chi connectivity index (χ0n) is 32.9. The monoisotopic (exact) mass is 814 g/mol. The molecule has 3 heterocycles. The van der Waals surface area contributed by atoms with Crippen molar-refractivity contribution in [2.45, 2.75) is 135 Å². The smallest absolute Gasteiger partial charge is 0.411 e. The van der Waals surface area contributed by atoms with Crippen molar-refractivity contribution in [1.29, 1.82) is 0 Å². The lowest BCUT2D eigenvalue weighted by atomic mass is 9.83. The minimum absolute atomic E-state index is 0.184. The quantitative estimate of drug-likeness (QED) is 0.128. The first kappa shape index (κ1) is 48.8. The number of β-lactam (4-membered cyclic amide) rings is 1. The van der Waals surface area contributed by atoms with Crippen molar-refractivity contribution in [3.05, 3.63) is 0 Å². The van der Waals surface area contributed by atoms with Gasteiger partial charge in [-0.1, -0.05) is 0 Å². The number of amides is 5. The Morgan fingerprint density at radius 2 is 1.39 bits per heavy atom. The number of carbonyl (C=O) groups is 6. The average Bonchev–Trinajstić information content (AvgIpc) is 3.62. The summed E-state index contributed by atoms with van der Waals surface area (Å²) in [4.78, 5) is 76.0. The van der Waals surface area contributed by atoms with E-state index in [0.29, 0.717) is 32.4 Å². The van der Waals surface area contributed by atoms with Crippen LogP contribution in [0, 0.1) is 0 Å². The third kappa shape index (κ3) is 13.2. The lowest BCUT2D eigenvalue weighted by Gasteiger charge is -2.53. The van der Waals surface area contributed by atoms with Gasteiger partial charge in [0.15, 0.2) is 5.54 Å². The number of ether oxygens (including phenoxy) is 2. The number of carbonyl (C=O) groups excluding carboxylic acids is 5. The minimum atomic E-state index is -2.69. The zero-order chi connectivity index (χ0) is 42.2. The van der Waals surface area contributed by atoms with Crippen LogP contribution in [-0.4, -0.2) is 152 Å². The molecule has 0 saturated carbocycles. The Kier molecular flexibility index (Phi) is 17.2. The summed E-state index contributed by atoms with van der Waals surface area (Å²) in [7, 11) is 0. The van der Waals surface area contributed by atoms with E-state index in [1.165, 1.54) is 30.3 Å². The molecule has 3 aliphatic heterocycles. The van der Waals surface area contributed by atoms with E-state index in [4.69, 9.17) is 32.2 Å². The molecule has 0 bridgehead atoms. The third-order valence-corrected chi connectivity index (χ3v) is 9.55. The van der Waals surface area contributed by atoms with Gasteiger partial charge in [0.25, 0.3) is 12.6 Å². The maximum absolute atomic E-state index is 12.7. The van der Waals surface area contributed by atoms with E-state index in [9.17, 15) is 48.7 Å². The number of aliphatic hydroxyl groups is 2. The first-order chi connectivity index (χ1) is 24.5. The molecule has 3 aliphatic rings. The van der Waals surface area contributed by atoms with E-state index in [-0.39, 0.29) is 32.0 Å². The van der Waals surface area contributed by atoms with Crippen LogP contribution in [0.1, 0.15) is 88.0 Å². The molecule has 0 radical (unpaired) electrons. The molecule has 3 saturated heterocycles. The second-order valence-corrected chi connectivity index (χ2v) is 19.1. The molecule has 2 unspecified atom stereocenters. The summed E-state index contributed by atoms with van der Waals surface area (Å²) in [6, 6.07) is -2.18. The molecule has 0 aromatic rings. The molecule has 0 aliphatic carbocycles. The number of nitrogens with zero attached hydrogens (tertiary/aromatic N) is 3. The average molecular weight is 815 g/mol. The molecular formula is C33H60ClN6O13P. The fourth-order valence-electron chi connectivity index (χ4n) is 6.28. The van der Waals surface area contributed by atoms with E-state index in [1.54, 1.807) is 48.5 Å². The number of hydrogen-bond donors (Lipinski definition) is 6. The predicted octanol–water partition coefficient (Wildman–Crippen LogP) is 1.58. The Labute approximate surface area is 321 Å². The summed E-state index contributed by atoms with van der Waals surface area (Å²) in [6.07, 6.45) is -1.51. The Balaban J connectivity index is 0.000000460. The van der Waals surface area contributed by atoms with Crippen molar-refractivity contribution in [1.82, 2.24) is 20.0 Å². The van der Waals surface area contributed by atoms with Gasteiger partial charge in [0.2, 0.25) is 11.8 Å². The van der Waals surface area contributed by atoms with Gasteiger partial charge < -0.3 is 51.0 Å². The summed E-state index contributed by atoms with van der Waals surface area (Å²) < 4.78 is 25.6. The predicted molar refractivity (Wildman–Crippen MR) is 197 cm³/mol. The number of likely N-dealkylation sites (tertiary alicyclic amines) is 3. The Hall–Kier alpha value is -3.22. The van der Waals surface area contributed by atoms with Gasteiger partial charge in [0.1, 0.15) is 28.8 Å². The van der Waals surface area contributed by atoms with E-state index in [0.717, 1.165) is 4.90 Å². The lowest BCUT2D eigenvalue weighted by Crippen LogP contribution is -2.77. The fourth-order valence-corrected chi connectivity index (χ4v) is 7.04. The molecule has 8 N–H and O–H groups in total. The van der Waals surface area contributed by atoms with Crippen LogP contribution in [0.4, 0.5) is 9.59 Å². The normalized spacial score (nSPS) is 24.4. The molecule has 312 valence electrons. The van der Waals surface area contributed by atoms with E-state index in [2.05, 4.69) is 9.84 Å². The maximum atomic E-state index is 12.7. The number of aliphatic carboxylic acids is 1. The molecule has 5 amide bonds. The molecule has 1 spiro atoms. The Morgan fingerprint density at radius 3 is 1.74 bits per heavy atom. The topological polar surface area (TPSA) is 282 Å². The van der Waals surface area contributed by atoms with Gasteiger partial charge in [-0.15, -0.1) is 0 Å². The van der Waals surface area contributed by atoms with Crippen molar-refractivity contribution in [3.8, 4) is 0 Å². The van der Waals surface area contributed by atoms with Gasteiger partial charge in [-0.05, 0) is 99.2 Å². The molecule has 54 heavy (non-hydrogen) atoms. The van der Waals surface area contributed by atoms with E-state index >= 15 is 0 Å². The van der Waals surface area contributed by atoms with Crippen molar-refractivity contribution in [2.75, 3.05) is 39.5 Å². The highest BCUT2D eigenvalue weighted by molar-refractivity contribution is 7.84. The lowest BCUT2D eigenvalue weighted by molar-refractivity contribution is -0.171. The number of nitrogens with two attached hydrogens (primary N) is 2. The van der Waals surface area contributed by atoms with Crippen LogP contribution >= 0.6 is 18.0 Å². The number of nitrogens with one attached hydrogen (secondary N) is 1. The maximum Gasteiger partial charge on any atom is 0.411 e. The Morgan fingerprint density at radius 1 is 0.907 bits per heavy atom. The number of rotatable bonds is 11. The van der Waals surface area contributed by atoms with Gasteiger partial charge >= 0.3 is 18.2 Å². The van der Waals surface area contributed by atoms with Gasteiger partial charge in [-0.25, -0.2) is 14.4 Å². The number of carboxylic acids is 1. The van der Waals surface area contributed by atoms with Crippen LogP contribution in [0.25, 0.3) is 0 Å². The van der Waals surface area contributed by atoms with Gasteiger partial charge in [-0.2, -0.15) is 0 Å². The number of halogens is 1. The van der Waals surface area contributed by atoms with Crippen LogP contribution < -0.4 is 16.8 Å². The zero-order valence-corrected chi connectivity index (χ0v) is 34.6. The molecule has 3 rings (SSSR count). The highest BCUT2D eigenvalue weighted by Gasteiger charge is 2.63. The fraction of sp³-hybridized carbons (Fsp3) is 0.818. The highest BCUT2D eigenvalue weighted by atomic mass is 35.7. The van der Waals surface area contributed by atoms with Crippen LogP contribution in [0.15, 0.2) is 0 Å². The summed E-state index contributed by atoms with van der Waals surface area (Å²) in [5.41, 5.74) is 6.56. The summed E-state index contributed by atoms with van der Waals surface area (Å²) in [5.74, 6) is -3.12. The minimum Gasteiger partial charge on any atom is -0.479 e. The molecule has 7 atom stereocenters. The third-order valence-electron chi connectivity index (χ3n) is 8.54. The van der Waals surface area contributed by atoms with Crippen molar-refractivity contribution >= 4 is 53.8 Å². The molecule has 3 fully saturated rings. The van der Waals surface area contributed by atoms with Gasteiger partial charge in [-0.3, -0.25) is 28.7 Å². The summed E-state index contributed by atoms with van der Waals surface area (Å²) in [6.45, 7) is 14.6. The highest BCUT2D eigenvalue weighted by Crippen LogP contribution is 2.47. The van der Waals surface area contributed by atoms with Gasteiger partial charge in [0, 0.05) is 26.3 Å². The number of carboxylic acid groups (broad SMARTS) is 1. The molecule has 0 aromatic carbocycles.